The molecule has 2 N–H and O–H groups in total. The van der Waals surface area contributed by atoms with Crippen LogP contribution < -0.4 is 20.4 Å². The second kappa shape index (κ2) is 8.58. The van der Waals surface area contributed by atoms with Crippen molar-refractivity contribution in [3.8, 4) is 0 Å². The third-order valence-electron chi connectivity index (χ3n) is 5.03. The summed E-state index contributed by atoms with van der Waals surface area (Å²) in [6.45, 7) is 4.30. The molecule has 29 heavy (non-hydrogen) atoms. The van der Waals surface area contributed by atoms with Gasteiger partial charge in [0, 0.05) is 50.2 Å². The van der Waals surface area contributed by atoms with Crippen LogP contribution in [0.4, 0.5) is 33.1 Å². The fourth-order valence-electron chi connectivity index (χ4n) is 3.49. The molecule has 1 aromatic heterocycles. The van der Waals surface area contributed by atoms with Crippen LogP contribution in [0.25, 0.3) is 0 Å². The van der Waals surface area contributed by atoms with E-state index in [1.807, 2.05) is 0 Å². The molecule has 2 aromatic rings. The van der Waals surface area contributed by atoms with Crippen molar-refractivity contribution in [1.29, 1.82) is 0 Å². The van der Waals surface area contributed by atoms with Crippen LogP contribution >= 0.6 is 0 Å². The summed E-state index contributed by atoms with van der Waals surface area (Å²) in [4.78, 5) is 19.2. The molecule has 0 saturated carbocycles. The topological polar surface area (TPSA) is 95.8 Å². The van der Waals surface area contributed by atoms with Crippen molar-refractivity contribution in [3.05, 3.63) is 46.5 Å². The van der Waals surface area contributed by atoms with E-state index in [4.69, 9.17) is 4.74 Å². The average Bonchev–Trinajstić information content (AvgIpc) is 2.75. The van der Waals surface area contributed by atoms with E-state index in [1.54, 1.807) is 35.2 Å². The van der Waals surface area contributed by atoms with E-state index in [-0.39, 0.29) is 18.1 Å². The lowest BCUT2D eigenvalue weighted by Gasteiger charge is -2.32. The Morgan fingerprint density at radius 3 is 2.62 bits per heavy atom. The van der Waals surface area contributed by atoms with Crippen LogP contribution in [0.3, 0.4) is 0 Å². The number of halogens is 1. The number of aromatic nitrogens is 1. The summed E-state index contributed by atoms with van der Waals surface area (Å²) in [5.41, 5.74) is 1.29. The van der Waals surface area contributed by atoms with Crippen molar-refractivity contribution >= 4 is 28.7 Å². The van der Waals surface area contributed by atoms with Crippen LogP contribution in [0.2, 0.25) is 0 Å². The molecule has 10 heteroatoms. The standard InChI is InChI=1S/C19H23FN6O3/c20-17-13-29-12-11-25(17)15-3-1-14(2-4-15)22-19-16(26(27)28)5-6-18(23-19)24-9-7-21-8-10-24/h1-6,17,21H,7-13H2,(H,22,23). The van der Waals surface area contributed by atoms with Gasteiger partial charge < -0.3 is 25.2 Å². The van der Waals surface area contributed by atoms with E-state index in [1.165, 1.54) is 6.07 Å². The molecule has 0 aliphatic carbocycles. The monoisotopic (exact) mass is 402 g/mol. The summed E-state index contributed by atoms with van der Waals surface area (Å²) in [6, 6.07) is 10.2. The molecule has 154 valence electrons. The second-order valence-electron chi connectivity index (χ2n) is 6.91. The number of alkyl halides is 1. The molecule has 2 aliphatic rings. The third-order valence-corrected chi connectivity index (χ3v) is 5.03. The summed E-state index contributed by atoms with van der Waals surface area (Å²) in [5, 5.41) is 17.8. The van der Waals surface area contributed by atoms with E-state index < -0.39 is 11.2 Å². The van der Waals surface area contributed by atoms with Crippen molar-refractivity contribution in [1.82, 2.24) is 10.3 Å². The number of hydrogen-bond donors (Lipinski definition) is 2. The Balaban J connectivity index is 1.55. The maximum Gasteiger partial charge on any atom is 0.311 e. The zero-order valence-corrected chi connectivity index (χ0v) is 15.9. The summed E-state index contributed by atoms with van der Waals surface area (Å²) in [6.07, 6.45) is -1.18. The Bertz CT molecular complexity index is 860. The van der Waals surface area contributed by atoms with Crippen LogP contribution in [0, 0.1) is 10.1 Å². The first kappa shape index (κ1) is 19.3. The number of ether oxygens (including phenoxy) is 1. The zero-order valence-electron chi connectivity index (χ0n) is 15.9. The zero-order chi connectivity index (χ0) is 20.2. The highest BCUT2D eigenvalue weighted by atomic mass is 19.1. The Morgan fingerprint density at radius 2 is 1.93 bits per heavy atom. The maximum atomic E-state index is 14.0. The Labute approximate surface area is 167 Å². The molecule has 3 heterocycles. The summed E-state index contributed by atoms with van der Waals surface area (Å²) in [7, 11) is 0. The van der Waals surface area contributed by atoms with E-state index in [9.17, 15) is 14.5 Å². The second-order valence-corrected chi connectivity index (χ2v) is 6.91. The lowest BCUT2D eigenvalue weighted by molar-refractivity contribution is -0.384. The predicted octanol–water partition coefficient (Wildman–Crippen LogP) is 2.28. The fraction of sp³-hybridized carbons (Fsp3) is 0.421. The summed E-state index contributed by atoms with van der Waals surface area (Å²) in [5.74, 6) is 0.887. The fourth-order valence-corrected chi connectivity index (χ4v) is 3.49. The van der Waals surface area contributed by atoms with Gasteiger partial charge in [-0.1, -0.05) is 0 Å². The first-order valence-corrected chi connectivity index (χ1v) is 9.58. The molecule has 2 aliphatic heterocycles. The molecule has 9 nitrogen and oxygen atoms in total. The van der Waals surface area contributed by atoms with Crippen LogP contribution in [0.5, 0.6) is 0 Å². The molecular weight excluding hydrogens is 379 g/mol. The van der Waals surface area contributed by atoms with Crippen molar-refractivity contribution in [2.45, 2.75) is 6.30 Å². The number of anilines is 4. The highest BCUT2D eigenvalue weighted by Crippen LogP contribution is 2.30. The number of piperazine rings is 1. The van der Waals surface area contributed by atoms with Gasteiger partial charge in [0.25, 0.3) is 0 Å². The highest BCUT2D eigenvalue weighted by Gasteiger charge is 2.23. The number of hydrogen-bond acceptors (Lipinski definition) is 8. The van der Waals surface area contributed by atoms with Gasteiger partial charge in [0.2, 0.25) is 5.82 Å². The summed E-state index contributed by atoms with van der Waals surface area (Å²) < 4.78 is 19.2. The lowest BCUT2D eigenvalue weighted by atomic mass is 10.2. The number of nitro groups is 1. The Hall–Kier alpha value is -2.98. The molecule has 1 aromatic carbocycles. The molecule has 0 radical (unpaired) electrons. The number of nitrogens with zero attached hydrogens (tertiary/aromatic N) is 4. The average molecular weight is 402 g/mol. The van der Waals surface area contributed by atoms with Gasteiger partial charge in [-0.05, 0) is 30.3 Å². The number of rotatable bonds is 5. The van der Waals surface area contributed by atoms with Crippen molar-refractivity contribution in [2.75, 3.05) is 61.1 Å². The van der Waals surface area contributed by atoms with Crippen molar-refractivity contribution in [2.24, 2.45) is 0 Å². The smallest absolute Gasteiger partial charge is 0.311 e. The first-order valence-electron chi connectivity index (χ1n) is 9.58. The van der Waals surface area contributed by atoms with E-state index in [0.717, 1.165) is 31.9 Å². The highest BCUT2D eigenvalue weighted by molar-refractivity contribution is 5.69. The first-order chi connectivity index (χ1) is 14.1. The predicted molar refractivity (Wildman–Crippen MR) is 109 cm³/mol. The van der Waals surface area contributed by atoms with Crippen LogP contribution in [0.15, 0.2) is 36.4 Å². The van der Waals surface area contributed by atoms with Gasteiger partial charge in [0.15, 0.2) is 6.30 Å². The van der Waals surface area contributed by atoms with Gasteiger partial charge in [-0.15, -0.1) is 0 Å². The molecular formula is C19H23FN6O3. The molecule has 0 amide bonds. The minimum atomic E-state index is -1.18. The maximum absolute atomic E-state index is 14.0. The van der Waals surface area contributed by atoms with Gasteiger partial charge >= 0.3 is 5.69 Å². The molecule has 2 saturated heterocycles. The van der Waals surface area contributed by atoms with Crippen LogP contribution in [-0.4, -0.2) is 62.1 Å². The molecule has 0 bridgehead atoms. The van der Waals surface area contributed by atoms with Gasteiger partial charge in [-0.2, -0.15) is 0 Å². The van der Waals surface area contributed by atoms with Gasteiger partial charge in [-0.3, -0.25) is 10.1 Å². The van der Waals surface area contributed by atoms with E-state index in [2.05, 4.69) is 20.5 Å². The number of morpholine rings is 1. The Morgan fingerprint density at radius 1 is 1.17 bits per heavy atom. The quantitative estimate of drug-likeness (QED) is 0.447. The molecule has 4 rings (SSSR count). The lowest BCUT2D eigenvalue weighted by Crippen LogP contribution is -2.43. The SMILES string of the molecule is O=[N+]([O-])c1ccc(N2CCNCC2)nc1Nc1ccc(N2CCOCC2F)cc1. The third kappa shape index (κ3) is 4.38. The van der Waals surface area contributed by atoms with Crippen molar-refractivity contribution < 1.29 is 14.1 Å². The number of nitrogens with one attached hydrogen (secondary N) is 2. The van der Waals surface area contributed by atoms with Gasteiger partial charge in [-0.25, -0.2) is 9.37 Å². The minimum Gasteiger partial charge on any atom is -0.375 e. The molecule has 0 spiro atoms. The van der Waals surface area contributed by atoms with Gasteiger partial charge in [0.1, 0.15) is 5.82 Å². The summed E-state index contributed by atoms with van der Waals surface area (Å²) >= 11 is 0. The van der Waals surface area contributed by atoms with E-state index >= 15 is 0 Å². The molecule has 2 fully saturated rings. The largest absolute Gasteiger partial charge is 0.375 e. The number of benzene rings is 1. The minimum absolute atomic E-state index is 0.0505. The molecule has 1 atom stereocenters. The number of pyridine rings is 1. The van der Waals surface area contributed by atoms with E-state index in [0.29, 0.717) is 24.7 Å². The normalized spacial score (nSPS) is 19.8. The van der Waals surface area contributed by atoms with Crippen LogP contribution in [-0.2, 0) is 4.74 Å². The molecule has 1 unspecified atom stereocenters. The Kier molecular flexibility index (Phi) is 5.72. The van der Waals surface area contributed by atoms with Gasteiger partial charge in [0.05, 0.1) is 18.1 Å². The van der Waals surface area contributed by atoms with Crippen LogP contribution in [0.1, 0.15) is 0 Å². The van der Waals surface area contributed by atoms with Crippen molar-refractivity contribution in [3.63, 3.8) is 0 Å².